The summed E-state index contributed by atoms with van der Waals surface area (Å²) in [6, 6.07) is 0. The van der Waals surface area contributed by atoms with E-state index in [2.05, 4.69) is 5.32 Å². The van der Waals surface area contributed by atoms with Crippen LogP contribution in [0, 0.1) is 0 Å². The lowest BCUT2D eigenvalue weighted by Crippen LogP contribution is -2.67. The van der Waals surface area contributed by atoms with E-state index >= 15 is 0 Å². The van der Waals surface area contributed by atoms with Crippen molar-refractivity contribution < 1.29 is 29.2 Å². The summed E-state index contributed by atoms with van der Waals surface area (Å²) in [5.41, 5.74) is -1.48. The van der Waals surface area contributed by atoms with Crippen LogP contribution in [0.15, 0.2) is 0 Å². The summed E-state index contributed by atoms with van der Waals surface area (Å²) < 4.78 is 16.8. The van der Waals surface area contributed by atoms with Crippen molar-refractivity contribution in [1.82, 2.24) is 5.32 Å². The summed E-state index contributed by atoms with van der Waals surface area (Å²) in [6.07, 6.45) is -5.38. The maximum absolute atomic E-state index is 12.1. The molecular formula is C15H29NO6. The summed E-state index contributed by atoms with van der Waals surface area (Å²) in [6.45, 7) is 8.85. The van der Waals surface area contributed by atoms with Gasteiger partial charge in [-0.2, -0.15) is 0 Å². The van der Waals surface area contributed by atoms with E-state index < -0.39 is 47.6 Å². The fourth-order valence-corrected chi connectivity index (χ4v) is 2.45. The highest BCUT2D eigenvalue weighted by molar-refractivity contribution is 5.81. The average Bonchev–Trinajstić information content (AvgIpc) is 2.41. The number of rotatable bonds is 4. The molecule has 0 aromatic carbocycles. The lowest BCUT2D eigenvalue weighted by Gasteiger charge is -2.48. The van der Waals surface area contributed by atoms with Crippen LogP contribution in [0.2, 0.25) is 0 Å². The molecule has 0 saturated carbocycles. The number of methoxy groups -OCH3 is 1. The van der Waals surface area contributed by atoms with Crippen LogP contribution in [-0.2, 0) is 19.0 Å². The summed E-state index contributed by atoms with van der Waals surface area (Å²) in [7, 11) is 2.96. The number of amides is 1. The van der Waals surface area contributed by atoms with Crippen molar-refractivity contribution in [3.63, 3.8) is 0 Å². The van der Waals surface area contributed by atoms with Gasteiger partial charge >= 0.3 is 0 Å². The van der Waals surface area contributed by atoms with E-state index in [1.165, 1.54) is 14.2 Å². The van der Waals surface area contributed by atoms with Crippen molar-refractivity contribution in [2.75, 3.05) is 14.2 Å². The van der Waals surface area contributed by atoms with Crippen LogP contribution in [0.5, 0.6) is 0 Å². The molecule has 1 aliphatic heterocycles. The molecule has 1 saturated heterocycles. The number of hydrogen-bond acceptors (Lipinski definition) is 6. The predicted octanol–water partition coefficient (Wildman–Crippen LogP) is -0.170. The van der Waals surface area contributed by atoms with Gasteiger partial charge in [-0.3, -0.25) is 4.79 Å². The molecule has 7 heteroatoms. The third-order valence-corrected chi connectivity index (χ3v) is 3.79. The van der Waals surface area contributed by atoms with Crippen LogP contribution in [0.4, 0.5) is 0 Å². The minimum absolute atomic E-state index is 0.419. The van der Waals surface area contributed by atoms with Gasteiger partial charge in [0.2, 0.25) is 0 Å². The van der Waals surface area contributed by atoms with Crippen LogP contribution in [-0.4, -0.2) is 72.0 Å². The summed E-state index contributed by atoms with van der Waals surface area (Å²) >= 11 is 0. The minimum Gasteiger partial charge on any atom is -0.387 e. The average molecular weight is 319 g/mol. The van der Waals surface area contributed by atoms with Gasteiger partial charge in [-0.1, -0.05) is 0 Å². The zero-order chi connectivity index (χ0) is 17.3. The molecular weight excluding hydrogens is 290 g/mol. The van der Waals surface area contributed by atoms with Crippen LogP contribution in [0.3, 0.4) is 0 Å². The van der Waals surface area contributed by atoms with Crippen molar-refractivity contribution in [3.05, 3.63) is 0 Å². The molecule has 1 aliphatic rings. The zero-order valence-electron chi connectivity index (χ0n) is 14.4. The number of carbonyl (C=O) groups excluding carboxylic acids is 1. The highest BCUT2D eigenvalue weighted by Crippen LogP contribution is 2.33. The summed E-state index contributed by atoms with van der Waals surface area (Å²) in [4.78, 5) is 12.1. The normalized spacial score (nSPS) is 33.6. The fraction of sp³-hybridized carbons (Fsp3) is 0.933. The molecule has 1 rings (SSSR count). The van der Waals surface area contributed by atoms with Crippen molar-refractivity contribution >= 4 is 5.91 Å². The van der Waals surface area contributed by atoms with E-state index in [1.54, 1.807) is 34.6 Å². The molecule has 0 aromatic heterocycles. The molecule has 0 aliphatic carbocycles. The van der Waals surface area contributed by atoms with Crippen LogP contribution >= 0.6 is 0 Å². The molecule has 7 nitrogen and oxygen atoms in total. The van der Waals surface area contributed by atoms with E-state index in [1.807, 2.05) is 0 Å². The molecule has 1 heterocycles. The Morgan fingerprint density at radius 2 is 1.68 bits per heavy atom. The highest BCUT2D eigenvalue weighted by atomic mass is 16.6. The quantitative estimate of drug-likeness (QED) is 0.666. The van der Waals surface area contributed by atoms with Crippen molar-refractivity contribution in [2.45, 2.75) is 76.3 Å². The molecule has 0 spiro atoms. The number of hydrogen-bond donors (Lipinski definition) is 3. The van der Waals surface area contributed by atoms with Crippen LogP contribution in [0.1, 0.15) is 34.6 Å². The van der Waals surface area contributed by atoms with Gasteiger partial charge < -0.3 is 29.7 Å². The molecule has 1 amide bonds. The number of nitrogens with one attached hydrogen (secondary N) is 1. The SMILES string of the molecule is CNC(=O)C1OC(C(C)(C)OC)C(O)C(O)[C@@H]1OC(C)(C)C. The van der Waals surface area contributed by atoms with E-state index in [4.69, 9.17) is 14.2 Å². The van der Waals surface area contributed by atoms with Gasteiger partial charge in [-0.05, 0) is 34.6 Å². The molecule has 5 atom stereocenters. The van der Waals surface area contributed by atoms with Gasteiger partial charge in [0.1, 0.15) is 24.4 Å². The van der Waals surface area contributed by atoms with Gasteiger partial charge in [0, 0.05) is 14.2 Å². The molecule has 0 aromatic rings. The van der Waals surface area contributed by atoms with Crippen molar-refractivity contribution in [3.8, 4) is 0 Å². The third-order valence-electron chi connectivity index (χ3n) is 3.79. The number of carbonyl (C=O) groups is 1. The van der Waals surface area contributed by atoms with E-state index in [-0.39, 0.29) is 0 Å². The topological polar surface area (TPSA) is 97.3 Å². The van der Waals surface area contributed by atoms with Crippen LogP contribution < -0.4 is 5.32 Å². The lowest BCUT2D eigenvalue weighted by molar-refractivity contribution is -0.278. The Labute approximate surface area is 131 Å². The van der Waals surface area contributed by atoms with E-state index in [0.29, 0.717) is 0 Å². The highest BCUT2D eigenvalue weighted by Gasteiger charge is 2.53. The molecule has 0 radical (unpaired) electrons. The molecule has 130 valence electrons. The zero-order valence-corrected chi connectivity index (χ0v) is 14.4. The third kappa shape index (κ3) is 4.17. The Kier molecular flexibility index (Phi) is 5.97. The second kappa shape index (κ2) is 6.80. The fourth-order valence-electron chi connectivity index (χ4n) is 2.45. The number of aliphatic hydroxyl groups excluding tert-OH is 2. The first-order chi connectivity index (χ1) is 9.94. The Hall–Kier alpha value is -0.730. The van der Waals surface area contributed by atoms with Gasteiger partial charge in [-0.15, -0.1) is 0 Å². The first-order valence-corrected chi connectivity index (χ1v) is 7.40. The predicted molar refractivity (Wildman–Crippen MR) is 80.5 cm³/mol. The summed E-state index contributed by atoms with van der Waals surface area (Å²) in [5, 5.41) is 23.3. The second-order valence-corrected chi connectivity index (χ2v) is 7.08. The lowest BCUT2D eigenvalue weighted by atomic mass is 9.86. The van der Waals surface area contributed by atoms with Gasteiger partial charge in [0.05, 0.1) is 11.2 Å². The first-order valence-electron chi connectivity index (χ1n) is 7.40. The Balaban J connectivity index is 3.12. The second-order valence-electron chi connectivity index (χ2n) is 7.08. The maximum Gasteiger partial charge on any atom is 0.251 e. The van der Waals surface area contributed by atoms with Gasteiger partial charge in [0.15, 0.2) is 6.10 Å². The van der Waals surface area contributed by atoms with Gasteiger partial charge in [-0.25, -0.2) is 0 Å². The Morgan fingerprint density at radius 3 is 2.09 bits per heavy atom. The Bertz CT molecular complexity index is 392. The molecule has 4 unspecified atom stereocenters. The smallest absolute Gasteiger partial charge is 0.251 e. The van der Waals surface area contributed by atoms with E-state index in [9.17, 15) is 15.0 Å². The van der Waals surface area contributed by atoms with Gasteiger partial charge in [0.25, 0.3) is 5.91 Å². The summed E-state index contributed by atoms with van der Waals surface area (Å²) in [5.74, 6) is -0.419. The first kappa shape index (κ1) is 19.3. The maximum atomic E-state index is 12.1. The largest absolute Gasteiger partial charge is 0.387 e. The molecule has 1 fully saturated rings. The van der Waals surface area contributed by atoms with E-state index in [0.717, 1.165) is 0 Å². The number of aliphatic hydroxyl groups is 2. The standard InChI is InChI=1S/C15H29NO6/c1-14(2,3)22-10-8(17)9(18)12(15(4,5)20-7)21-11(10)13(19)16-6/h8-12,17-18H,1-7H3,(H,16,19)/t8?,9?,10-,11?,12?/m0/s1. The molecule has 0 bridgehead atoms. The monoisotopic (exact) mass is 319 g/mol. The molecule has 3 N–H and O–H groups in total. The molecule has 22 heavy (non-hydrogen) atoms. The minimum atomic E-state index is -1.27. The number of likely N-dealkylation sites (N-methyl/N-ethyl adjacent to an activating group) is 1. The number of ether oxygens (including phenoxy) is 3. The van der Waals surface area contributed by atoms with Crippen molar-refractivity contribution in [1.29, 1.82) is 0 Å². The van der Waals surface area contributed by atoms with Crippen LogP contribution in [0.25, 0.3) is 0 Å². The van der Waals surface area contributed by atoms with Crippen molar-refractivity contribution in [2.24, 2.45) is 0 Å². The Morgan fingerprint density at radius 1 is 1.14 bits per heavy atom.